The van der Waals surface area contributed by atoms with Gasteiger partial charge in [-0.2, -0.15) is 13.2 Å². The first-order valence-corrected chi connectivity index (χ1v) is 5.98. The van der Waals surface area contributed by atoms with Crippen LogP contribution in [0.5, 0.6) is 5.75 Å². The van der Waals surface area contributed by atoms with Crippen molar-refractivity contribution in [2.45, 2.75) is 31.6 Å². The second-order valence-electron chi connectivity index (χ2n) is 4.37. The summed E-state index contributed by atoms with van der Waals surface area (Å²) in [5.74, 6) is 0.386. The summed E-state index contributed by atoms with van der Waals surface area (Å²) in [7, 11) is 0. The Bertz CT molecular complexity index is 391. The van der Waals surface area contributed by atoms with Crippen LogP contribution in [0, 0.1) is 0 Å². The Morgan fingerprint density at radius 2 is 2.11 bits per heavy atom. The Hall–Kier alpha value is -1.34. The molecule has 0 aromatic carbocycles. The van der Waals surface area contributed by atoms with E-state index in [1.54, 1.807) is 12.1 Å². The molecule has 0 saturated heterocycles. The van der Waals surface area contributed by atoms with Crippen molar-refractivity contribution in [1.29, 1.82) is 0 Å². The van der Waals surface area contributed by atoms with Crippen LogP contribution >= 0.6 is 0 Å². The first kappa shape index (κ1) is 14.1. The summed E-state index contributed by atoms with van der Waals surface area (Å²) in [5.41, 5.74) is 0.871. The molecule has 1 heterocycles. The van der Waals surface area contributed by atoms with Crippen LogP contribution in [0.4, 0.5) is 13.2 Å². The van der Waals surface area contributed by atoms with E-state index in [0.29, 0.717) is 18.3 Å². The number of pyridine rings is 1. The van der Waals surface area contributed by atoms with Gasteiger partial charge >= 0.3 is 6.18 Å². The number of nitrogens with zero attached hydrogens (tertiary/aromatic N) is 1. The maximum Gasteiger partial charge on any atom is 0.411 e. The van der Waals surface area contributed by atoms with E-state index < -0.39 is 19.6 Å². The van der Waals surface area contributed by atoms with Crippen molar-refractivity contribution in [1.82, 2.24) is 10.3 Å². The molecule has 1 fully saturated rings. The third kappa shape index (κ3) is 5.89. The standard InChI is InChI=1S/C12H15F3N2O2/c13-12(14,15)7-18-8-19-11-4-3-10(17-6-11)5-16-9-1-2-9/h3-4,6,9,16H,1-2,5,7-8H2. The maximum absolute atomic E-state index is 11.8. The van der Waals surface area contributed by atoms with Crippen LogP contribution in [0.15, 0.2) is 18.3 Å². The quantitative estimate of drug-likeness (QED) is 0.613. The van der Waals surface area contributed by atoms with Gasteiger partial charge in [0, 0.05) is 12.6 Å². The SMILES string of the molecule is FC(F)(F)COCOc1ccc(CNC2CC2)nc1. The molecule has 0 radical (unpaired) electrons. The smallest absolute Gasteiger partial charge is 0.411 e. The Morgan fingerprint density at radius 3 is 2.68 bits per heavy atom. The highest BCUT2D eigenvalue weighted by molar-refractivity contribution is 5.19. The fourth-order valence-corrected chi connectivity index (χ4v) is 1.40. The van der Waals surface area contributed by atoms with Crippen LogP contribution < -0.4 is 10.1 Å². The Balaban J connectivity index is 1.66. The van der Waals surface area contributed by atoms with Gasteiger partial charge in [-0.3, -0.25) is 4.98 Å². The van der Waals surface area contributed by atoms with E-state index in [1.807, 2.05) is 0 Å². The first-order chi connectivity index (χ1) is 9.03. The van der Waals surface area contributed by atoms with Crippen LogP contribution in [0.3, 0.4) is 0 Å². The lowest BCUT2D eigenvalue weighted by Gasteiger charge is -2.09. The van der Waals surface area contributed by atoms with Gasteiger partial charge in [0.05, 0.1) is 11.9 Å². The molecule has 1 N–H and O–H groups in total. The van der Waals surface area contributed by atoms with Gasteiger partial charge in [-0.1, -0.05) is 0 Å². The van der Waals surface area contributed by atoms with E-state index in [1.165, 1.54) is 19.0 Å². The number of nitrogens with one attached hydrogen (secondary N) is 1. The Kier molecular flexibility index (Phi) is 4.60. The lowest BCUT2D eigenvalue weighted by molar-refractivity contribution is -0.186. The number of hydrogen-bond donors (Lipinski definition) is 1. The number of ether oxygens (including phenoxy) is 2. The highest BCUT2D eigenvalue weighted by Crippen LogP contribution is 2.19. The third-order valence-corrected chi connectivity index (χ3v) is 2.52. The molecule has 0 spiro atoms. The van der Waals surface area contributed by atoms with Crippen molar-refractivity contribution in [3.8, 4) is 5.75 Å². The summed E-state index contributed by atoms with van der Waals surface area (Å²) >= 11 is 0. The summed E-state index contributed by atoms with van der Waals surface area (Å²) < 4.78 is 44.7. The van der Waals surface area contributed by atoms with E-state index in [-0.39, 0.29) is 0 Å². The molecule has 0 bridgehead atoms. The summed E-state index contributed by atoms with van der Waals surface area (Å²) in [6.45, 7) is -1.07. The number of alkyl halides is 3. The minimum atomic E-state index is -4.33. The average Bonchev–Trinajstić information content (AvgIpc) is 3.16. The van der Waals surface area contributed by atoms with E-state index >= 15 is 0 Å². The molecule has 1 aromatic rings. The first-order valence-electron chi connectivity index (χ1n) is 5.98. The molecule has 2 rings (SSSR count). The fraction of sp³-hybridized carbons (Fsp3) is 0.583. The van der Waals surface area contributed by atoms with Gasteiger partial charge in [-0.25, -0.2) is 0 Å². The van der Waals surface area contributed by atoms with Gasteiger partial charge in [-0.15, -0.1) is 0 Å². The summed E-state index contributed by atoms with van der Waals surface area (Å²) in [4.78, 5) is 4.14. The second kappa shape index (κ2) is 6.21. The van der Waals surface area contributed by atoms with Gasteiger partial charge < -0.3 is 14.8 Å². The van der Waals surface area contributed by atoms with Gasteiger partial charge in [0.15, 0.2) is 6.79 Å². The Labute approximate surface area is 108 Å². The number of hydrogen-bond acceptors (Lipinski definition) is 4. The molecule has 7 heteroatoms. The van der Waals surface area contributed by atoms with Crippen LogP contribution in [0.2, 0.25) is 0 Å². The zero-order chi connectivity index (χ0) is 13.7. The normalized spacial score (nSPS) is 15.5. The van der Waals surface area contributed by atoms with Crippen LogP contribution in [0.25, 0.3) is 0 Å². The van der Waals surface area contributed by atoms with Crippen molar-refractivity contribution in [3.63, 3.8) is 0 Å². The van der Waals surface area contributed by atoms with Crippen molar-refractivity contribution < 1.29 is 22.6 Å². The molecular weight excluding hydrogens is 261 g/mol. The highest BCUT2D eigenvalue weighted by atomic mass is 19.4. The molecule has 0 atom stereocenters. The average molecular weight is 276 g/mol. The van der Waals surface area contributed by atoms with Crippen LogP contribution in [-0.2, 0) is 11.3 Å². The maximum atomic E-state index is 11.8. The van der Waals surface area contributed by atoms with E-state index in [4.69, 9.17) is 4.74 Å². The molecule has 1 aliphatic carbocycles. The zero-order valence-corrected chi connectivity index (χ0v) is 10.2. The minimum absolute atomic E-state index is 0.386. The molecule has 19 heavy (non-hydrogen) atoms. The predicted octanol–water partition coefficient (Wildman–Crippen LogP) is 2.25. The van der Waals surface area contributed by atoms with Gasteiger partial charge in [-0.05, 0) is 25.0 Å². The number of rotatable bonds is 7. The molecule has 0 amide bonds. The van der Waals surface area contributed by atoms with E-state index in [0.717, 1.165) is 5.69 Å². The fourth-order valence-electron chi connectivity index (χ4n) is 1.40. The summed E-state index contributed by atoms with van der Waals surface area (Å²) in [6.07, 6.45) is -0.448. The zero-order valence-electron chi connectivity index (χ0n) is 10.2. The highest BCUT2D eigenvalue weighted by Gasteiger charge is 2.27. The monoisotopic (exact) mass is 276 g/mol. The minimum Gasteiger partial charge on any atom is -0.466 e. The lowest BCUT2D eigenvalue weighted by Crippen LogP contribution is -2.19. The van der Waals surface area contributed by atoms with Crippen molar-refractivity contribution in [2.75, 3.05) is 13.4 Å². The predicted molar refractivity (Wildman–Crippen MR) is 61.6 cm³/mol. The van der Waals surface area contributed by atoms with Gasteiger partial charge in [0.2, 0.25) is 0 Å². The Morgan fingerprint density at radius 1 is 1.32 bits per heavy atom. The largest absolute Gasteiger partial charge is 0.466 e. The van der Waals surface area contributed by atoms with Crippen LogP contribution in [0.1, 0.15) is 18.5 Å². The summed E-state index contributed by atoms with van der Waals surface area (Å²) in [5, 5.41) is 3.31. The van der Waals surface area contributed by atoms with E-state index in [2.05, 4.69) is 15.0 Å². The molecular formula is C12H15F3N2O2. The molecule has 1 aliphatic rings. The van der Waals surface area contributed by atoms with Crippen LogP contribution in [-0.4, -0.2) is 30.6 Å². The molecule has 0 aliphatic heterocycles. The van der Waals surface area contributed by atoms with E-state index in [9.17, 15) is 13.2 Å². The van der Waals surface area contributed by atoms with Gasteiger partial charge in [0.1, 0.15) is 12.4 Å². The third-order valence-electron chi connectivity index (χ3n) is 2.52. The number of halogens is 3. The van der Waals surface area contributed by atoms with Gasteiger partial charge in [0.25, 0.3) is 0 Å². The van der Waals surface area contributed by atoms with Crippen molar-refractivity contribution in [3.05, 3.63) is 24.0 Å². The summed E-state index contributed by atoms with van der Waals surface area (Å²) in [6, 6.07) is 4.04. The molecule has 106 valence electrons. The van der Waals surface area contributed by atoms with Crippen molar-refractivity contribution >= 4 is 0 Å². The molecule has 1 saturated carbocycles. The topological polar surface area (TPSA) is 43.4 Å². The second-order valence-corrected chi connectivity index (χ2v) is 4.37. The molecule has 4 nitrogen and oxygen atoms in total. The molecule has 1 aromatic heterocycles. The molecule has 0 unspecified atom stereocenters. The van der Waals surface area contributed by atoms with Crippen molar-refractivity contribution in [2.24, 2.45) is 0 Å². The number of aromatic nitrogens is 1. The lowest BCUT2D eigenvalue weighted by atomic mass is 10.3.